The Morgan fingerprint density at radius 1 is 0.889 bits per heavy atom. The van der Waals surface area contributed by atoms with Gasteiger partial charge >= 0.3 is 0 Å². The number of H-pyrrole nitrogens is 1. The Labute approximate surface area is 210 Å². The van der Waals surface area contributed by atoms with Gasteiger partial charge in [-0.1, -0.05) is 18.2 Å². The molecule has 1 aliphatic rings. The number of anilines is 2. The molecule has 1 fully saturated rings. The number of piperazine rings is 1. The Morgan fingerprint density at radius 3 is 2.22 bits per heavy atom. The fourth-order valence-electron chi connectivity index (χ4n) is 4.55. The summed E-state index contributed by atoms with van der Waals surface area (Å²) in [5.41, 5.74) is 5.23. The van der Waals surface area contributed by atoms with E-state index < -0.39 is 0 Å². The van der Waals surface area contributed by atoms with E-state index in [1.807, 2.05) is 43.3 Å². The average Bonchev–Trinajstić information content (AvgIpc) is 2.89. The van der Waals surface area contributed by atoms with Crippen LogP contribution >= 0.6 is 0 Å². The second kappa shape index (κ2) is 9.87. The second-order valence-electron chi connectivity index (χ2n) is 9.48. The lowest BCUT2D eigenvalue weighted by Crippen LogP contribution is -2.44. The molecule has 36 heavy (non-hydrogen) atoms. The summed E-state index contributed by atoms with van der Waals surface area (Å²) < 4.78 is 0. The molecule has 0 unspecified atom stereocenters. The van der Waals surface area contributed by atoms with Crippen molar-refractivity contribution >= 4 is 34.0 Å². The number of aromatic nitrogens is 1. The van der Waals surface area contributed by atoms with Gasteiger partial charge in [0.1, 0.15) is 0 Å². The average molecular weight is 482 g/mol. The Morgan fingerprint density at radius 2 is 1.56 bits per heavy atom. The summed E-state index contributed by atoms with van der Waals surface area (Å²) in [6.07, 6.45) is 1.62. The number of aliphatic imine (C=N–C) groups is 1. The van der Waals surface area contributed by atoms with Gasteiger partial charge in [0.15, 0.2) is 0 Å². The number of hydrogen-bond acceptors (Lipinski definition) is 6. The molecule has 4 aromatic rings. The van der Waals surface area contributed by atoms with Crippen molar-refractivity contribution < 1.29 is 5.11 Å². The van der Waals surface area contributed by atoms with Gasteiger partial charge in [-0.2, -0.15) is 0 Å². The van der Waals surface area contributed by atoms with Crippen LogP contribution in [0.15, 0.2) is 76.5 Å². The lowest BCUT2D eigenvalue weighted by atomic mass is 9.99. The number of benzene rings is 3. The van der Waals surface area contributed by atoms with Gasteiger partial charge in [-0.3, -0.25) is 14.8 Å². The molecular formula is C29H31N5O2. The van der Waals surface area contributed by atoms with Gasteiger partial charge < -0.3 is 19.8 Å². The van der Waals surface area contributed by atoms with Crippen LogP contribution in [-0.2, 0) is 0 Å². The third kappa shape index (κ3) is 4.83. The molecular weight excluding hydrogens is 450 g/mol. The minimum Gasteiger partial charge on any atom is -0.494 e. The predicted molar refractivity (Wildman–Crippen MR) is 149 cm³/mol. The van der Waals surface area contributed by atoms with Gasteiger partial charge in [0.25, 0.3) is 5.56 Å². The van der Waals surface area contributed by atoms with E-state index in [9.17, 15) is 9.90 Å². The summed E-state index contributed by atoms with van der Waals surface area (Å²) in [7, 11) is 6.16. The molecule has 2 N–H and O–H groups in total. The molecule has 1 aliphatic heterocycles. The summed E-state index contributed by atoms with van der Waals surface area (Å²) in [5, 5.41) is 11.8. The van der Waals surface area contributed by atoms with Gasteiger partial charge in [0.2, 0.25) is 5.88 Å². The maximum atomic E-state index is 12.5. The Kier molecular flexibility index (Phi) is 6.48. The van der Waals surface area contributed by atoms with Crippen molar-refractivity contribution in [2.45, 2.75) is 0 Å². The zero-order valence-corrected chi connectivity index (χ0v) is 20.9. The van der Waals surface area contributed by atoms with Crippen LogP contribution in [-0.4, -0.2) is 68.5 Å². The monoisotopic (exact) mass is 481 g/mol. The van der Waals surface area contributed by atoms with Crippen molar-refractivity contribution in [1.29, 1.82) is 0 Å². The maximum Gasteiger partial charge on any atom is 0.258 e. The van der Waals surface area contributed by atoms with E-state index in [1.165, 1.54) is 5.69 Å². The summed E-state index contributed by atoms with van der Waals surface area (Å²) in [4.78, 5) is 26.4. The number of rotatable bonds is 5. The van der Waals surface area contributed by atoms with Crippen molar-refractivity contribution in [3.63, 3.8) is 0 Å². The van der Waals surface area contributed by atoms with E-state index >= 15 is 0 Å². The first-order valence-corrected chi connectivity index (χ1v) is 12.1. The maximum absolute atomic E-state index is 12.5. The summed E-state index contributed by atoms with van der Waals surface area (Å²) in [5.74, 6) is -0.189. The molecule has 0 saturated carbocycles. The number of hydrogen-bond donors (Lipinski definition) is 2. The van der Waals surface area contributed by atoms with Crippen LogP contribution in [0.4, 0.5) is 17.1 Å². The minimum absolute atomic E-state index is 0.189. The molecule has 0 bridgehead atoms. The Bertz CT molecular complexity index is 1450. The predicted octanol–water partition coefficient (Wildman–Crippen LogP) is 4.47. The number of nitrogens with zero attached hydrogens (tertiary/aromatic N) is 4. The molecule has 7 heteroatoms. The highest BCUT2D eigenvalue weighted by molar-refractivity contribution is 6.03. The van der Waals surface area contributed by atoms with Gasteiger partial charge in [0, 0.05) is 68.6 Å². The molecule has 0 atom stereocenters. The van der Waals surface area contributed by atoms with Gasteiger partial charge in [-0.25, -0.2) is 0 Å². The van der Waals surface area contributed by atoms with Crippen LogP contribution < -0.4 is 15.4 Å². The third-order valence-electron chi connectivity index (χ3n) is 6.82. The highest BCUT2D eigenvalue weighted by atomic mass is 16.3. The molecule has 184 valence electrons. The number of aromatic hydroxyl groups is 1. The smallest absolute Gasteiger partial charge is 0.258 e. The zero-order chi connectivity index (χ0) is 25.2. The minimum atomic E-state index is -0.328. The van der Waals surface area contributed by atoms with Crippen molar-refractivity contribution in [1.82, 2.24) is 9.88 Å². The molecule has 0 aliphatic carbocycles. The zero-order valence-electron chi connectivity index (χ0n) is 20.9. The molecule has 0 spiro atoms. The van der Waals surface area contributed by atoms with Gasteiger partial charge in [-0.05, 0) is 66.7 Å². The van der Waals surface area contributed by atoms with Crippen molar-refractivity contribution in [2.75, 3.05) is 57.1 Å². The van der Waals surface area contributed by atoms with Gasteiger partial charge in [-0.15, -0.1) is 0 Å². The molecule has 1 aromatic heterocycles. The SMILES string of the molecule is CN1CCN(c2ccc(N=Cc3c(O)[nH]c(=O)c4ccc(-c5ccc(N(C)C)cc5)cc34)cc2)CC1. The van der Waals surface area contributed by atoms with E-state index in [4.69, 9.17) is 0 Å². The lowest BCUT2D eigenvalue weighted by Gasteiger charge is -2.34. The van der Waals surface area contributed by atoms with Crippen LogP contribution in [0.25, 0.3) is 21.9 Å². The standard InChI is InChI=1S/C29H31N5O2/c1-32(2)23-9-4-20(5-10-23)21-6-13-25-26(18-21)27(29(36)31-28(25)35)19-30-22-7-11-24(12-8-22)34-16-14-33(3)15-17-34/h4-13,18-19H,14-17H2,1-3H3,(H2,31,35,36). The first kappa shape index (κ1) is 23.6. The van der Waals surface area contributed by atoms with Crippen LogP contribution in [0.2, 0.25) is 0 Å². The number of fused-ring (bicyclic) bond motifs is 1. The second-order valence-corrected chi connectivity index (χ2v) is 9.48. The van der Waals surface area contributed by atoms with Crippen LogP contribution in [0.1, 0.15) is 5.56 Å². The number of pyridine rings is 1. The number of likely N-dealkylation sites (N-methyl/N-ethyl adjacent to an activating group) is 1. The highest BCUT2D eigenvalue weighted by Crippen LogP contribution is 2.29. The lowest BCUT2D eigenvalue weighted by molar-refractivity contribution is 0.313. The Hall–Kier alpha value is -4.10. The molecule has 0 amide bonds. The third-order valence-corrected chi connectivity index (χ3v) is 6.82. The van der Waals surface area contributed by atoms with E-state index in [0.29, 0.717) is 16.3 Å². The quantitative estimate of drug-likeness (QED) is 0.412. The number of nitrogens with one attached hydrogen (secondary N) is 1. The molecule has 3 aromatic carbocycles. The van der Waals surface area contributed by atoms with Gasteiger partial charge in [0.05, 0.1) is 11.3 Å². The molecule has 5 rings (SSSR count). The molecule has 7 nitrogen and oxygen atoms in total. The van der Waals surface area contributed by atoms with Crippen LogP contribution in [0.5, 0.6) is 5.88 Å². The van der Waals surface area contributed by atoms with Crippen LogP contribution in [0.3, 0.4) is 0 Å². The van der Waals surface area contributed by atoms with E-state index in [0.717, 1.165) is 48.7 Å². The fraction of sp³-hybridized carbons (Fsp3) is 0.241. The van der Waals surface area contributed by atoms with Crippen molar-refractivity contribution in [3.8, 4) is 17.0 Å². The van der Waals surface area contributed by atoms with E-state index in [1.54, 1.807) is 12.3 Å². The number of aromatic amines is 1. The fourth-order valence-corrected chi connectivity index (χ4v) is 4.55. The summed E-state index contributed by atoms with van der Waals surface area (Å²) in [6, 6.07) is 22.0. The Balaban J connectivity index is 1.46. The topological polar surface area (TPSA) is 75.2 Å². The summed E-state index contributed by atoms with van der Waals surface area (Å²) >= 11 is 0. The molecule has 1 saturated heterocycles. The first-order valence-electron chi connectivity index (χ1n) is 12.1. The van der Waals surface area contributed by atoms with Crippen molar-refractivity contribution in [2.24, 2.45) is 4.99 Å². The summed E-state index contributed by atoms with van der Waals surface area (Å²) in [6.45, 7) is 4.13. The normalized spacial score (nSPS) is 14.6. The van der Waals surface area contributed by atoms with E-state index in [-0.39, 0.29) is 11.4 Å². The highest BCUT2D eigenvalue weighted by Gasteiger charge is 2.14. The molecule has 0 radical (unpaired) electrons. The largest absolute Gasteiger partial charge is 0.494 e. The first-order chi connectivity index (χ1) is 17.4. The van der Waals surface area contributed by atoms with Crippen molar-refractivity contribution in [3.05, 3.63) is 82.6 Å². The molecule has 2 heterocycles. The van der Waals surface area contributed by atoms with Crippen LogP contribution in [0, 0.1) is 0 Å². The van der Waals surface area contributed by atoms with E-state index in [2.05, 4.69) is 63.2 Å².